The van der Waals surface area contributed by atoms with Gasteiger partial charge in [0.1, 0.15) is 11.6 Å². The lowest BCUT2D eigenvalue weighted by Crippen LogP contribution is -2.15. The number of rotatable bonds is 5. The smallest absolute Gasteiger partial charge is 0.416 e. The Kier molecular flexibility index (Phi) is 5.47. The molecule has 0 saturated heterocycles. The van der Waals surface area contributed by atoms with E-state index in [2.05, 4.69) is 5.32 Å². The van der Waals surface area contributed by atoms with Crippen LogP contribution in [0.25, 0.3) is 0 Å². The number of hydrogen-bond acceptors (Lipinski definition) is 2. The Hall–Kier alpha value is -1.43. The molecule has 0 bridgehead atoms. The number of nitrogens with one attached hydrogen (secondary N) is 1. The Morgan fingerprint density at radius 2 is 2.11 bits per heavy atom. The molecule has 1 aromatic carbocycles. The van der Waals surface area contributed by atoms with Crippen LogP contribution in [0.1, 0.15) is 18.9 Å². The molecule has 7 heteroatoms. The van der Waals surface area contributed by atoms with Gasteiger partial charge >= 0.3 is 6.18 Å². The van der Waals surface area contributed by atoms with Crippen LogP contribution in [0.2, 0.25) is 0 Å². The molecular weight excluding hydrogens is 283 g/mol. The summed E-state index contributed by atoms with van der Waals surface area (Å²) in [4.78, 5) is 11.2. The van der Waals surface area contributed by atoms with Gasteiger partial charge < -0.3 is 10.1 Å². The van der Waals surface area contributed by atoms with Crippen LogP contribution < -0.4 is 10.1 Å². The van der Waals surface area contributed by atoms with Crippen LogP contribution in [0.3, 0.4) is 0 Å². The second-order valence-electron chi connectivity index (χ2n) is 3.74. The summed E-state index contributed by atoms with van der Waals surface area (Å²) in [5.41, 5.74) is -0.893. The maximum Gasteiger partial charge on any atom is 0.416 e. The second kappa shape index (κ2) is 6.65. The number of carbonyl (C=O) groups excluding carboxylic acids is 1. The number of anilines is 1. The number of carbonyl (C=O) groups is 1. The predicted molar refractivity (Wildman–Crippen MR) is 66.6 cm³/mol. The van der Waals surface area contributed by atoms with E-state index in [4.69, 9.17) is 16.3 Å². The first-order valence-electron chi connectivity index (χ1n) is 5.58. The highest BCUT2D eigenvalue weighted by molar-refractivity contribution is 6.29. The van der Waals surface area contributed by atoms with Gasteiger partial charge in [0.25, 0.3) is 0 Å². The van der Waals surface area contributed by atoms with Crippen LogP contribution >= 0.6 is 11.6 Å². The van der Waals surface area contributed by atoms with Gasteiger partial charge in [0.15, 0.2) is 0 Å². The number of benzene rings is 1. The van der Waals surface area contributed by atoms with Gasteiger partial charge in [0, 0.05) is 0 Å². The third kappa shape index (κ3) is 4.63. The van der Waals surface area contributed by atoms with Crippen LogP contribution in [0.15, 0.2) is 18.2 Å². The first kappa shape index (κ1) is 15.6. The minimum atomic E-state index is -4.48. The zero-order chi connectivity index (χ0) is 14.5. The largest absolute Gasteiger partial charge is 0.491 e. The zero-order valence-electron chi connectivity index (χ0n) is 10.2. The molecule has 0 aliphatic rings. The average molecular weight is 296 g/mol. The average Bonchev–Trinajstić information content (AvgIpc) is 2.35. The summed E-state index contributed by atoms with van der Waals surface area (Å²) < 4.78 is 43.0. The molecule has 1 rings (SSSR count). The van der Waals surface area contributed by atoms with E-state index in [9.17, 15) is 18.0 Å². The van der Waals surface area contributed by atoms with Crippen LogP contribution in [0.4, 0.5) is 18.9 Å². The molecule has 0 spiro atoms. The molecule has 19 heavy (non-hydrogen) atoms. The standard InChI is InChI=1S/C12H13ClF3NO2/c1-2-5-19-10-4-3-8(12(14,15)16)6-9(10)17-11(18)7-13/h3-4,6H,2,5,7H2,1H3,(H,17,18). The Labute approximate surface area is 113 Å². The summed E-state index contributed by atoms with van der Waals surface area (Å²) in [5.74, 6) is -0.751. The first-order valence-corrected chi connectivity index (χ1v) is 6.11. The molecule has 0 aliphatic carbocycles. The third-order valence-electron chi connectivity index (χ3n) is 2.16. The highest BCUT2D eigenvalue weighted by atomic mass is 35.5. The van der Waals surface area contributed by atoms with Crippen molar-refractivity contribution in [3.8, 4) is 5.75 Å². The third-order valence-corrected chi connectivity index (χ3v) is 2.41. The van der Waals surface area contributed by atoms with E-state index in [0.717, 1.165) is 12.1 Å². The minimum Gasteiger partial charge on any atom is -0.491 e. The van der Waals surface area contributed by atoms with Gasteiger partial charge in [0.05, 0.1) is 17.9 Å². The number of halogens is 4. The van der Waals surface area contributed by atoms with Gasteiger partial charge in [-0.2, -0.15) is 13.2 Å². The van der Waals surface area contributed by atoms with Gasteiger partial charge in [-0.25, -0.2) is 0 Å². The lowest BCUT2D eigenvalue weighted by molar-refractivity contribution is -0.137. The molecule has 1 amide bonds. The highest BCUT2D eigenvalue weighted by Gasteiger charge is 2.31. The van der Waals surface area contributed by atoms with Gasteiger partial charge in [-0.15, -0.1) is 11.6 Å². The first-order chi connectivity index (χ1) is 8.88. The van der Waals surface area contributed by atoms with E-state index in [1.54, 1.807) is 0 Å². The molecule has 0 unspecified atom stereocenters. The summed E-state index contributed by atoms with van der Waals surface area (Å²) in [6.07, 6.45) is -3.78. The van der Waals surface area contributed by atoms with E-state index in [1.165, 1.54) is 6.07 Å². The minimum absolute atomic E-state index is 0.0334. The van der Waals surface area contributed by atoms with Gasteiger partial charge in [-0.05, 0) is 24.6 Å². The topological polar surface area (TPSA) is 38.3 Å². The number of ether oxygens (including phenoxy) is 1. The van der Waals surface area contributed by atoms with E-state index in [0.29, 0.717) is 13.0 Å². The van der Waals surface area contributed by atoms with Crippen LogP contribution in [0.5, 0.6) is 5.75 Å². The lowest BCUT2D eigenvalue weighted by Gasteiger charge is -2.14. The van der Waals surface area contributed by atoms with Crippen molar-refractivity contribution in [1.82, 2.24) is 0 Å². The second-order valence-corrected chi connectivity index (χ2v) is 4.01. The number of amides is 1. The van der Waals surface area contributed by atoms with Crippen molar-refractivity contribution in [2.45, 2.75) is 19.5 Å². The Morgan fingerprint density at radius 3 is 2.63 bits per heavy atom. The van der Waals surface area contributed by atoms with E-state index in [1.807, 2.05) is 6.92 Å². The maximum atomic E-state index is 12.6. The van der Waals surface area contributed by atoms with Crippen molar-refractivity contribution in [2.24, 2.45) is 0 Å². The summed E-state index contributed by atoms with van der Waals surface area (Å²) >= 11 is 5.31. The van der Waals surface area contributed by atoms with Crippen molar-refractivity contribution < 1.29 is 22.7 Å². The van der Waals surface area contributed by atoms with Crippen molar-refractivity contribution in [3.63, 3.8) is 0 Å². The molecule has 0 radical (unpaired) electrons. The molecule has 1 N–H and O–H groups in total. The molecular formula is C12H13ClF3NO2. The monoisotopic (exact) mass is 295 g/mol. The summed E-state index contributed by atoms with van der Waals surface area (Å²) in [7, 11) is 0. The fourth-order valence-corrected chi connectivity index (χ4v) is 1.39. The van der Waals surface area contributed by atoms with E-state index < -0.39 is 17.6 Å². The summed E-state index contributed by atoms with van der Waals surface area (Å²) in [6.45, 7) is 2.20. The molecule has 0 fully saturated rings. The van der Waals surface area contributed by atoms with Crippen molar-refractivity contribution in [1.29, 1.82) is 0 Å². The molecule has 3 nitrogen and oxygen atoms in total. The Balaban J connectivity index is 3.07. The molecule has 0 saturated carbocycles. The fraction of sp³-hybridized carbons (Fsp3) is 0.417. The van der Waals surface area contributed by atoms with E-state index in [-0.39, 0.29) is 17.3 Å². The van der Waals surface area contributed by atoms with Crippen molar-refractivity contribution >= 4 is 23.2 Å². The molecule has 0 aromatic heterocycles. The van der Waals surface area contributed by atoms with Crippen LogP contribution in [0, 0.1) is 0 Å². The maximum absolute atomic E-state index is 12.6. The van der Waals surface area contributed by atoms with Crippen molar-refractivity contribution in [2.75, 3.05) is 17.8 Å². The number of hydrogen-bond donors (Lipinski definition) is 1. The Morgan fingerprint density at radius 1 is 1.42 bits per heavy atom. The molecule has 0 atom stereocenters. The Bertz CT molecular complexity index is 449. The normalized spacial score (nSPS) is 11.2. The van der Waals surface area contributed by atoms with Gasteiger partial charge in [-0.3, -0.25) is 4.79 Å². The van der Waals surface area contributed by atoms with Gasteiger partial charge in [0.2, 0.25) is 5.91 Å². The molecule has 0 heterocycles. The van der Waals surface area contributed by atoms with Gasteiger partial charge in [-0.1, -0.05) is 6.92 Å². The van der Waals surface area contributed by atoms with Crippen LogP contribution in [-0.4, -0.2) is 18.4 Å². The molecule has 1 aromatic rings. The molecule has 0 aliphatic heterocycles. The molecule has 106 valence electrons. The fourth-order valence-electron chi connectivity index (χ4n) is 1.33. The summed E-state index contributed by atoms with van der Waals surface area (Å²) in [5, 5.41) is 2.29. The van der Waals surface area contributed by atoms with Crippen LogP contribution in [-0.2, 0) is 11.0 Å². The highest BCUT2D eigenvalue weighted by Crippen LogP contribution is 2.35. The SMILES string of the molecule is CCCOc1ccc(C(F)(F)F)cc1NC(=O)CCl. The summed E-state index contributed by atoms with van der Waals surface area (Å²) in [6, 6.07) is 2.92. The lowest BCUT2D eigenvalue weighted by atomic mass is 10.1. The quantitative estimate of drug-likeness (QED) is 0.842. The van der Waals surface area contributed by atoms with E-state index >= 15 is 0 Å². The predicted octanol–water partition coefficient (Wildman–Crippen LogP) is 3.67. The van der Waals surface area contributed by atoms with Crippen molar-refractivity contribution in [3.05, 3.63) is 23.8 Å². The zero-order valence-corrected chi connectivity index (χ0v) is 10.9. The number of alkyl halides is 4.